The van der Waals surface area contributed by atoms with E-state index in [4.69, 9.17) is 4.74 Å². The molecule has 1 saturated heterocycles. The number of aryl methyl sites for hydroxylation is 1. The minimum absolute atomic E-state index is 0.103. The van der Waals surface area contributed by atoms with Crippen molar-refractivity contribution in [3.05, 3.63) is 65.2 Å². The molecule has 2 amide bonds. The van der Waals surface area contributed by atoms with Gasteiger partial charge >= 0.3 is 0 Å². The van der Waals surface area contributed by atoms with E-state index in [1.54, 1.807) is 24.3 Å². The molecule has 0 spiro atoms. The van der Waals surface area contributed by atoms with Crippen molar-refractivity contribution in [1.82, 2.24) is 5.32 Å². The minimum atomic E-state index is -0.394. The summed E-state index contributed by atoms with van der Waals surface area (Å²) >= 11 is 0. The van der Waals surface area contributed by atoms with Gasteiger partial charge in [-0.3, -0.25) is 9.59 Å². The van der Waals surface area contributed by atoms with Crippen LogP contribution in [-0.4, -0.2) is 24.5 Å². The lowest BCUT2D eigenvalue weighted by atomic mass is 10.1. The van der Waals surface area contributed by atoms with Gasteiger partial charge in [0.2, 0.25) is 0 Å². The number of anilines is 1. The molecule has 1 fully saturated rings. The molecule has 0 bridgehead atoms. The van der Waals surface area contributed by atoms with Gasteiger partial charge in [-0.05, 0) is 50.5 Å². The highest BCUT2D eigenvalue weighted by Gasteiger charge is 2.23. The second-order valence-electron chi connectivity index (χ2n) is 6.68. The standard InChI is InChI=1S/C21H24N2O3/c1-14-8-10-16(11-9-14)15(2)22-20(24)17-5-3-6-18(13-17)23-21(25)19-7-4-12-26-19/h3,5-6,8-11,13,15,19H,4,7,12H2,1-2H3,(H,22,24)(H,23,25). The Labute approximate surface area is 153 Å². The van der Waals surface area contributed by atoms with Gasteiger partial charge in [0.1, 0.15) is 6.10 Å². The molecule has 1 aliphatic rings. The Hall–Kier alpha value is -2.66. The summed E-state index contributed by atoms with van der Waals surface area (Å²) in [6.45, 7) is 4.60. The number of amides is 2. The molecule has 3 rings (SSSR count). The number of carbonyl (C=O) groups is 2. The van der Waals surface area contributed by atoms with E-state index in [0.717, 1.165) is 18.4 Å². The summed E-state index contributed by atoms with van der Waals surface area (Å²) in [5.74, 6) is -0.334. The Kier molecular flexibility index (Phi) is 5.68. The van der Waals surface area contributed by atoms with Crippen molar-refractivity contribution >= 4 is 17.5 Å². The van der Waals surface area contributed by atoms with Gasteiger partial charge in [-0.15, -0.1) is 0 Å². The first kappa shape index (κ1) is 18.1. The van der Waals surface area contributed by atoms with Crippen molar-refractivity contribution in [2.24, 2.45) is 0 Å². The largest absolute Gasteiger partial charge is 0.368 e. The second kappa shape index (κ2) is 8.15. The summed E-state index contributed by atoms with van der Waals surface area (Å²) in [5.41, 5.74) is 3.34. The number of ether oxygens (including phenoxy) is 1. The molecule has 136 valence electrons. The van der Waals surface area contributed by atoms with Crippen LogP contribution in [0.1, 0.15) is 47.3 Å². The molecule has 5 nitrogen and oxygen atoms in total. The average Bonchev–Trinajstić information content (AvgIpc) is 3.17. The van der Waals surface area contributed by atoms with E-state index in [0.29, 0.717) is 17.9 Å². The molecule has 0 aliphatic carbocycles. The molecule has 2 N–H and O–H groups in total. The van der Waals surface area contributed by atoms with E-state index in [1.807, 2.05) is 38.1 Å². The number of hydrogen-bond donors (Lipinski definition) is 2. The second-order valence-corrected chi connectivity index (χ2v) is 6.68. The molecule has 0 radical (unpaired) electrons. The lowest BCUT2D eigenvalue weighted by molar-refractivity contribution is -0.124. The highest BCUT2D eigenvalue weighted by atomic mass is 16.5. The first-order valence-electron chi connectivity index (χ1n) is 8.93. The van der Waals surface area contributed by atoms with Crippen LogP contribution in [0, 0.1) is 6.92 Å². The van der Waals surface area contributed by atoms with Crippen LogP contribution in [0.15, 0.2) is 48.5 Å². The number of benzene rings is 2. The molecular formula is C21H24N2O3. The van der Waals surface area contributed by atoms with Gasteiger partial charge in [-0.25, -0.2) is 0 Å². The molecular weight excluding hydrogens is 328 g/mol. The van der Waals surface area contributed by atoms with Gasteiger partial charge in [-0.1, -0.05) is 35.9 Å². The predicted octanol–water partition coefficient (Wildman–Crippen LogP) is 3.60. The molecule has 26 heavy (non-hydrogen) atoms. The summed E-state index contributed by atoms with van der Waals surface area (Å²) < 4.78 is 5.38. The van der Waals surface area contributed by atoms with Crippen LogP contribution in [0.3, 0.4) is 0 Å². The van der Waals surface area contributed by atoms with Gasteiger partial charge in [0, 0.05) is 17.9 Å². The summed E-state index contributed by atoms with van der Waals surface area (Å²) in [6.07, 6.45) is 1.24. The van der Waals surface area contributed by atoms with Crippen molar-refractivity contribution in [3.63, 3.8) is 0 Å². The molecule has 1 aliphatic heterocycles. The smallest absolute Gasteiger partial charge is 0.253 e. The third-order valence-electron chi connectivity index (χ3n) is 4.54. The van der Waals surface area contributed by atoms with E-state index < -0.39 is 6.10 Å². The highest BCUT2D eigenvalue weighted by Crippen LogP contribution is 2.18. The van der Waals surface area contributed by atoms with E-state index in [2.05, 4.69) is 10.6 Å². The van der Waals surface area contributed by atoms with Crippen molar-refractivity contribution in [2.75, 3.05) is 11.9 Å². The maximum absolute atomic E-state index is 12.5. The zero-order chi connectivity index (χ0) is 18.5. The first-order valence-corrected chi connectivity index (χ1v) is 8.93. The number of nitrogens with one attached hydrogen (secondary N) is 2. The summed E-state index contributed by atoms with van der Waals surface area (Å²) in [5, 5.41) is 5.82. The molecule has 0 aromatic heterocycles. The Morgan fingerprint density at radius 1 is 1.15 bits per heavy atom. The number of rotatable bonds is 5. The predicted molar refractivity (Wildman–Crippen MR) is 101 cm³/mol. The Bertz CT molecular complexity index is 780. The minimum Gasteiger partial charge on any atom is -0.368 e. The molecule has 0 saturated carbocycles. The van der Waals surface area contributed by atoms with Crippen LogP contribution in [0.5, 0.6) is 0 Å². The Morgan fingerprint density at radius 2 is 1.92 bits per heavy atom. The van der Waals surface area contributed by atoms with Gasteiger partial charge in [0.25, 0.3) is 11.8 Å². The molecule has 5 heteroatoms. The SMILES string of the molecule is Cc1ccc(C(C)NC(=O)c2cccc(NC(=O)C3CCCO3)c2)cc1. The summed E-state index contributed by atoms with van der Waals surface area (Å²) in [7, 11) is 0. The quantitative estimate of drug-likeness (QED) is 0.864. The third-order valence-corrected chi connectivity index (χ3v) is 4.54. The van der Waals surface area contributed by atoms with E-state index in [-0.39, 0.29) is 17.9 Å². The van der Waals surface area contributed by atoms with Gasteiger partial charge in [0.05, 0.1) is 6.04 Å². The fourth-order valence-electron chi connectivity index (χ4n) is 2.96. The molecule has 2 aromatic carbocycles. The fraction of sp³-hybridized carbons (Fsp3) is 0.333. The van der Waals surface area contributed by atoms with Crippen LogP contribution in [0.25, 0.3) is 0 Å². The monoisotopic (exact) mass is 352 g/mol. The maximum atomic E-state index is 12.5. The van der Waals surface area contributed by atoms with E-state index >= 15 is 0 Å². The van der Waals surface area contributed by atoms with Crippen LogP contribution in [-0.2, 0) is 9.53 Å². The number of carbonyl (C=O) groups excluding carboxylic acids is 2. The lowest BCUT2D eigenvalue weighted by Gasteiger charge is -2.15. The highest BCUT2D eigenvalue weighted by molar-refractivity contribution is 5.98. The van der Waals surface area contributed by atoms with Crippen LogP contribution < -0.4 is 10.6 Å². The van der Waals surface area contributed by atoms with Crippen molar-refractivity contribution < 1.29 is 14.3 Å². The fourth-order valence-corrected chi connectivity index (χ4v) is 2.96. The van der Waals surface area contributed by atoms with E-state index in [9.17, 15) is 9.59 Å². The van der Waals surface area contributed by atoms with Crippen molar-refractivity contribution in [1.29, 1.82) is 0 Å². The van der Waals surface area contributed by atoms with Gasteiger partial charge in [0.15, 0.2) is 0 Å². The van der Waals surface area contributed by atoms with Crippen molar-refractivity contribution in [2.45, 2.75) is 38.8 Å². The first-order chi connectivity index (χ1) is 12.5. The normalized spacial score (nSPS) is 17.5. The summed E-state index contributed by atoms with van der Waals surface area (Å²) in [4.78, 5) is 24.7. The van der Waals surface area contributed by atoms with E-state index in [1.165, 1.54) is 5.56 Å². The molecule has 2 atom stereocenters. The third kappa shape index (κ3) is 4.49. The zero-order valence-corrected chi connectivity index (χ0v) is 15.1. The van der Waals surface area contributed by atoms with Gasteiger partial charge < -0.3 is 15.4 Å². The van der Waals surface area contributed by atoms with Crippen LogP contribution in [0.4, 0.5) is 5.69 Å². The molecule has 2 unspecified atom stereocenters. The van der Waals surface area contributed by atoms with Gasteiger partial charge in [-0.2, -0.15) is 0 Å². The topological polar surface area (TPSA) is 67.4 Å². The average molecular weight is 352 g/mol. The number of hydrogen-bond acceptors (Lipinski definition) is 3. The molecule has 1 heterocycles. The zero-order valence-electron chi connectivity index (χ0n) is 15.1. The van der Waals surface area contributed by atoms with Crippen molar-refractivity contribution in [3.8, 4) is 0 Å². The lowest BCUT2D eigenvalue weighted by Crippen LogP contribution is -2.28. The van der Waals surface area contributed by atoms with Crippen LogP contribution >= 0.6 is 0 Å². The van der Waals surface area contributed by atoms with Crippen LogP contribution in [0.2, 0.25) is 0 Å². The Morgan fingerprint density at radius 3 is 2.62 bits per heavy atom. The summed E-state index contributed by atoms with van der Waals surface area (Å²) in [6, 6.07) is 14.9. The molecule has 2 aromatic rings. The maximum Gasteiger partial charge on any atom is 0.253 e. The Balaban J connectivity index is 1.64.